The fraction of sp³-hybridized carbons (Fsp3) is 0.273. The van der Waals surface area contributed by atoms with E-state index in [1.165, 1.54) is 0 Å². The first-order valence-corrected chi connectivity index (χ1v) is 9.35. The lowest BCUT2D eigenvalue weighted by atomic mass is 10.1. The highest BCUT2D eigenvalue weighted by molar-refractivity contribution is 5.83. The van der Waals surface area contributed by atoms with Gasteiger partial charge in [0.1, 0.15) is 18.4 Å². The van der Waals surface area contributed by atoms with E-state index in [2.05, 4.69) is 15.7 Å². The van der Waals surface area contributed by atoms with Crippen molar-refractivity contribution in [1.82, 2.24) is 20.4 Å². The number of amides is 1. The highest BCUT2D eigenvalue weighted by Gasteiger charge is 2.19. The number of carbonyl (C=O) groups is 1. The summed E-state index contributed by atoms with van der Waals surface area (Å²) < 4.78 is 7.49. The maximum atomic E-state index is 12.4. The summed E-state index contributed by atoms with van der Waals surface area (Å²) in [4.78, 5) is 12.4. The largest absolute Gasteiger partial charge is 0.489 e. The molecule has 0 radical (unpaired) electrons. The second-order valence-corrected chi connectivity index (χ2v) is 6.63. The molecule has 1 heterocycles. The molecule has 6 heteroatoms. The lowest BCUT2D eigenvalue weighted by Crippen LogP contribution is -2.36. The number of likely N-dealkylation sites (N-methyl/N-ethyl adjacent to an activating group) is 1. The SMILES string of the molecule is CNC(C(=O)NCCc1ccc(OCc2ccccc2)cc1)c1cnn(C)c1. The minimum Gasteiger partial charge on any atom is -0.489 e. The molecule has 3 aromatic rings. The van der Waals surface area contributed by atoms with Gasteiger partial charge in [-0.25, -0.2) is 0 Å². The minimum atomic E-state index is -0.400. The quantitative estimate of drug-likeness (QED) is 0.601. The lowest BCUT2D eigenvalue weighted by molar-refractivity contribution is -0.123. The van der Waals surface area contributed by atoms with Crippen LogP contribution in [-0.4, -0.2) is 29.3 Å². The van der Waals surface area contributed by atoms with Crippen LogP contribution < -0.4 is 15.4 Å². The van der Waals surface area contributed by atoms with E-state index in [1.807, 2.05) is 67.8 Å². The molecule has 0 fully saturated rings. The van der Waals surface area contributed by atoms with Crippen molar-refractivity contribution in [3.8, 4) is 5.75 Å². The van der Waals surface area contributed by atoms with Crippen LogP contribution in [0.5, 0.6) is 5.75 Å². The molecule has 0 saturated carbocycles. The molecule has 0 bridgehead atoms. The van der Waals surface area contributed by atoms with Crippen molar-refractivity contribution in [2.24, 2.45) is 7.05 Å². The van der Waals surface area contributed by atoms with Gasteiger partial charge in [-0.15, -0.1) is 0 Å². The summed E-state index contributed by atoms with van der Waals surface area (Å²) in [6.07, 6.45) is 4.30. The Bertz CT molecular complexity index is 875. The van der Waals surface area contributed by atoms with Gasteiger partial charge < -0.3 is 15.4 Å². The molecule has 0 aliphatic rings. The van der Waals surface area contributed by atoms with Gasteiger partial charge in [0.15, 0.2) is 0 Å². The molecular formula is C22H26N4O2. The van der Waals surface area contributed by atoms with Gasteiger partial charge in [-0.05, 0) is 36.7 Å². The fourth-order valence-corrected chi connectivity index (χ4v) is 2.96. The average Bonchev–Trinajstić information content (AvgIpc) is 3.14. The lowest BCUT2D eigenvalue weighted by Gasteiger charge is -2.14. The molecule has 146 valence electrons. The number of hydrogen-bond acceptors (Lipinski definition) is 4. The molecule has 0 aliphatic carbocycles. The predicted molar refractivity (Wildman–Crippen MR) is 109 cm³/mol. The summed E-state index contributed by atoms with van der Waals surface area (Å²) in [5.74, 6) is 0.779. The zero-order valence-electron chi connectivity index (χ0n) is 16.3. The standard InChI is InChI=1S/C22H26N4O2/c1-23-21(19-14-25-26(2)15-19)22(27)24-13-12-17-8-10-20(11-9-17)28-16-18-6-4-3-5-7-18/h3-11,14-15,21,23H,12-13,16H2,1-2H3,(H,24,27). The number of benzene rings is 2. The number of aromatic nitrogens is 2. The Morgan fingerprint density at radius 1 is 1.11 bits per heavy atom. The van der Waals surface area contributed by atoms with E-state index in [-0.39, 0.29) is 5.91 Å². The highest BCUT2D eigenvalue weighted by atomic mass is 16.5. The Kier molecular flexibility index (Phi) is 6.81. The zero-order valence-corrected chi connectivity index (χ0v) is 16.3. The summed E-state index contributed by atoms with van der Waals surface area (Å²) in [5.41, 5.74) is 3.14. The third-order valence-corrected chi connectivity index (χ3v) is 4.49. The molecule has 0 saturated heterocycles. The maximum Gasteiger partial charge on any atom is 0.241 e. The summed E-state index contributed by atoms with van der Waals surface area (Å²) in [7, 11) is 3.60. The van der Waals surface area contributed by atoms with E-state index in [0.717, 1.165) is 28.9 Å². The van der Waals surface area contributed by atoms with Crippen molar-refractivity contribution in [2.75, 3.05) is 13.6 Å². The first-order valence-electron chi connectivity index (χ1n) is 9.35. The van der Waals surface area contributed by atoms with E-state index in [4.69, 9.17) is 4.74 Å². The molecule has 6 nitrogen and oxygen atoms in total. The van der Waals surface area contributed by atoms with E-state index >= 15 is 0 Å². The summed E-state index contributed by atoms with van der Waals surface area (Å²) in [6.45, 7) is 1.12. The van der Waals surface area contributed by atoms with E-state index in [0.29, 0.717) is 13.2 Å². The summed E-state index contributed by atoms with van der Waals surface area (Å²) in [6, 6.07) is 17.7. The minimum absolute atomic E-state index is 0.0571. The number of ether oxygens (including phenoxy) is 1. The van der Waals surface area contributed by atoms with Crippen LogP contribution in [0, 0.1) is 0 Å². The maximum absolute atomic E-state index is 12.4. The van der Waals surface area contributed by atoms with Gasteiger partial charge in [-0.3, -0.25) is 9.48 Å². The third-order valence-electron chi connectivity index (χ3n) is 4.49. The topological polar surface area (TPSA) is 68.2 Å². The number of nitrogens with zero attached hydrogens (tertiary/aromatic N) is 2. The smallest absolute Gasteiger partial charge is 0.241 e. The summed E-state index contributed by atoms with van der Waals surface area (Å²) >= 11 is 0. The second kappa shape index (κ2) is 9.71. The Labute approximate surface area is 165 Å². The molecule has 2 N–H and O–H groups in total. The first kappa shape index (κ1) is 19.6. The Morgan fingerprint density at radius 3 is 2.50 bits per heavy atom. The van der Waals surface area contributed by atoms with Crippen LogP contribution in [-0.2, 0) is 24.9 Å². The average molecular weight is 378 g/mol. The molecule has 28 heavy (non-hydrogen) atoms. The van der Waals surface area contributed by atoms with Crippen LogP contribution in [0.4, 0.5) is 0 Å². The molecule has 3 rings (SSSR count). The molecule has 1 amide bonds. The van der Waals surface area contributed by atoms with Crippen molar-refractivity contribution in [3.05, 3.63) is 83.7 Å². The van der Waals surface area contributed by atoms with Crippen molar-refractivity contribution in [1.29, 1.82) is 0 Å². The Morgan fingerprint density at radius 2 is 1.86 bits per heavy atom. The molecule has 1 atom stereocenters. The van der Waals surface area contributed by atoms with Gasteiger partial charge in [0.25, 0.3) is 0 Å². The van der Waals surface area contributed by atoms with E-state index in [9.17, 15) is 4.79 Å². The number of hydrogen-bond donors (Lipinski definition) is 2. The Balaban J connectivity index is 1.45. The van der Waals surface area contributed by atoms with Gasteiger partial charge in [0.2, 0.25) is 5.91 Å². The number of aryl methyl sites for hydroxylation is 1. The van der Waals surface area contributed by atoms with Crippen LogP contribution >= 0.6 is 0 Å². The predicted octanol–water partition coefficient (Wildman–Crippen LogP) is 2.62. The van der Waals surface area contributed by atoms with Gasteiger partial charge in [-0.2, -0.15) is 5.10 Å². The number of rotatable bonds is 9. The third kappa shape index (κ3) is 5.44. The zero-order chi connectivity index (χ0) is 19.8. The van der Waals surface area contributed by atoms with Crippen LogP contribution in [0.25, 0.3) is 0 Å². The van der Waals surface area contributed by atoms with Gasteiger partial charge >= 0.3 is 0 Å². The van der Waals surface area contributed by atoms with Crippen molar-refractivity contribution >= 4 is 5.91 Å². The van der Waals surface area contributed by atoms with Crippen molar-refractivity contribution in [2.45, 2.75) is 19.1 Å². The monoisotopic (exact) mass is 378 g/mol. The molecule has 0 aliphatic heterocycles. The Hall–Kier alpha value is -3.12. The van der Waals surface area contributed by atoms with Crippen molar-refractivity contribution in [3.63, 3.8) is 0 Å². The van der Waals surface area contributed by atoms with Gasteiger partial charge in [0, 0.05) is 25.4 Å². The molecule has 0 spiro atoms. The molecule has 1 unspecified atom stereocenters. The van der Waals surface area contributed by atoms with Crippen LogP contribution in [0.1, 0.15) is 22.7 Å². The van der Waals surface area contributed by atoms with Crippen LogP contribution in [0.15, 0.2) is 67.0 Å². The molecular weight excluding hydrogens is 352 g/mol. The van der Waals surface area contributed by atoms with E-state index < -0.39 is 6.04 Å². The molecule has 1 aromatic heterocycles. The number of nitrogens with one attached hydrogen (secondary N) is 2. The second-order valence-electron chi connectivity index (χ2n) is 6.63. The van der Waals surface area contributed by atoms with Gasteiger partial charge in [-0.1, -0.05) is 42.5 Å². The first-order chi connectivity index (χ1) is 13.7. The summed E-state index contributed by atoms with van der Waals surface area (Å²) in [5, 5.41) is 10.1. The molecule has 2 aromatic carbocycles. The van der Waals surface area contributed by atoms with Crippen LogP contribution in [0.2, 0.25) is 0 Å². The normalized spacial score (nSPS) is 11.8. The van der Waals surface area contributed by atoms with Gasteiger partial charge in [0.05, 0.1) is 6.20 Å². The fourth-order valence-electron chi connectivity index (χ4n) is 2.96. The van der Waals surface area contributed by atoms with Crippen molar-refractivity contribution < 1.29 is 9.53 Å². The highest BCUT2D eigenvalue weighted by Crippen LogP contribution is 2.15. The van der Waals surface area contributed by atoms with E-state index in [1.54, 1.807) is 17.9 Å². The van der Waals surface area contributed by atoms with Crippen LogP contribution in [0.3, 0.4) is 0 Å². The number of carbonyl (C=O) groups excluding carboxylic acids is 1.